The van der Waals surface area contributed by atoms with Crippen molar-refractivity contribution < 1.29 is 4.79 Å². The van der Waals surface area contributed by atoms with E-state index in [9.17, 15) is 4.79 Å². The Morgan fingerprint density at radius 1 is 1.28 bits per heavy atom. The molecule has 0 bridgehead atoms. The number of nitrogens with zero attached hydrogens (tertiary/aromatic N) is 1. The molecule has 0 aromatic heterocycles. The van der Waals surface area contributed by atoms with Gasteiger partial charge in [0.2, 0.25) is 5.91 Å². The zero-order chi connectivity index (χ0) is 13.3. The lowest BCUT2D eigenvalue weighted by Crippen LogP contribution is -2.52. The number of rotatable bonds is 3. The van der Waals surface area contributed by atoms with Gasteiger partial charge in [-0.15, -0.1) is 0 Å². The SMILES string of the molecule is CC(C1CC1)N1CCCC(NC(=O)C(C)(C)C)C1. The van der Waals surface area contributed by atoms with E-state index in [0.29, 0.717) is 12.1 Å². The van der Waals surface area contributed by atoms with Crippen LogP contribution in [0.5, 0.6) is 0 Å². The molecule has 3 heteroatoms. The number of hydrogen-bond donors (Lipinski definition) is 1. The molecule has 0 spiro atoms. The van der Waals surface area contributed by atoms with Crippen molar-refractivity contribution in [3.05, 3.63) is 0 Å². The van der Waals surface area contributed by atoms with E-state index in [2.05, 4.69) is 17.1 Å². The molecular formula is C15H28N2O. The Labute approximate surface area is 111 Å². The van der Waals surface area contributed by atoms with Crippen molar-refractivity contribution in [2.24, 2.45) is 11.3 Å². The van der Waals surface area contributed by atoms with E-state index in [4.69, 9.17) is 0 Å². The van der Waals surface area contributed by atoms with Gasteiger partial charge in [0, 0.05) is 24.0 Å². The van der Waals surface area contributed by atoms with Crippen LogP contribution in [-0.4, -0.2) is 36.0 Å². The van der Waals surface area contributed by atoms with E-state index in [-0.39, 0.29) is 11.3 Å². The molecule has 1 aliphatic carbocycles. The minimum Gasteiger partial charge on any atom is -0.352 e. The fourth-order valence-corrected chi connectivity index (χ4v) is 2.77. The molecular weight excluding hydrogens is 224 g/mol. The highest BCUT2D eigenvalue weighted by Crippen LogP contribution is 2.36. The number of nitrogens with one attached hydrogen (secondary N) is 1. The molecule has 1 aliphatic heterocycles. The zero-order valence-electron chi connectivity index (χ0n) is 12.3. The molecule has 2 aliphatic rings. The van der Waals surface area contributed by atoms with Gasteiger partial charge in [-0.3, -0.25) is 9.69 Å². The van der Waals surface area contributed by atoms with Crippen LogP contribution in [0.3, 0.4) is 0 Å². The molecule has 0 aromatic rings. The van der Waals surface area contributed by atoms with Gasteiger partial charge in [-0.25, -0.2) is 0 Å². The fourth-order valence-electron chi connectivity index (χ4n) is 2.77. The molecule has 1 saturated carbocycles. The molecule has 2 atom stereocenters. The van der Waals surface area contributed by atoms with Crippen molar-refractivity contribution in [3.63, 3.8) is 0 Å². The first-order valence-electron chi connectivity index (χ1n) is 7.43. The molecule has 3 nitrogen and oxygen atoms in total. The normalized spacial score (nSPS) is 27.9. The maximum absolute atomic E-state index is 12.0. The third-order valence-corrected chi connectivity index (χ3v) is 4.35. The largest absolute Gasteiger partial charge is 0.352 e. The van der Waals surface area contributed by atoms with E-state index in [1.165, 1.54) is 25.8 Å². The molecule has 1 amide bonds. The van der Waals surface area contributed by atoms with Gasteiger partial charge in [0.1, 0.15) is 0 Å². The Kier molecular flexibility index (Phi) is 4.00. The minimum atomic E-state index is -0.273. The van der Waals surface area contributed by atoms with E-state index < -0.39 is 0 Å². The van der Waals surface area contributed by atoms with Crippen LogP contribution < -0.4 is 5.32 Å². The maximum Gasteiger partial charge on any atom is 0.225 e. The molecule has 1 heterocycles. The van der Waals surface area contributed by atoms with Crippen LogP contribution in [0, 0.1) is 11.3 Å². The van der Waals surface area contributed by atoms with Gasteiger partial charge in [0.05, 0.1) is 0 Å². The summed E-state index contributed by atoms with van der Waals surface area (Å²) in [6, 6.07) is 1.06. The lowest BCUT2D eigenvalue weighted by Gasteiger charge is -2.38. The lowest BCUT2D eigenvalue weighted by molar-refractivity contribution is -0.129. The smallest absolute Gasteiger partial charge is 0.225 e. The number of amides is 1. The predicted molar refractivity (Wildman–Crippen MR) is 74.4 cm³/mol. The Balaban J connectivity index is 1.84. The standard InChI is InChI=1S/C15H28N2O/c1-11(12-7-8-12)17-9-5-6-13(10-17)16-14(18)15(2,3)4/h11-13H,5-10H2,1-4H3,(H,16,18). The average Bonchev–Trinajstić information content (AvgIpc) is 3.11. The van der Waals surface area contributed by atoms with Crippen LogP contribution in [0.2, 0.25) is 0 Å². The van der Waals surface area contributed by atoms with Crippen molar-refractivity contribution in [2.45, 2.75) is 65.5 Å². The van der Waals surface area contributed by atoms with E-state index >= 15 is 0 Å². The highest BCUT2D eigenvalue weighted by molar-refractivity contribution is 5.81. The van der Waals surface area contributed by atoms with Crippen molar-refractivity contribution in [2.75, 3.05) is 13.1 Å². The molecule has 2 rings (SSSR count). The molecule has 2 unspecified atom stereocenters. The van der Waals surface area contributed by atoms with Gasteiger partial charge in [0.15, 0.2) is 0 Å². The summed E-state index contributed by atoms with van der Waals surface area (Å²) in [4.78, 5) is 14.6. The molecule has 0 aromatic carbocycles. The lowest BCUT2D eigenvalue weighted by atomic mass is 9.94. The van der Waals surface area contributed by atoms with Crippen molar-refractivity contribution in [3.8, 4) is 0 Å². The number of piperidine rings is 1. The number of carbonyl (C=O) groups excluding carboxylic acids is 1. The van der Waals surface area contributed by atoms with E-state index in [1.54, 1.807) is 0 Å². The first-order chi connectivity index (χ1) is 8.38. The highest BCUT2D eigenvalue weighted by atomic mass is 16.2. The third-order valence-electron chi connectivity index (χ3n) is 4.35. The summed E-state index contributed by atoms with van der Waals surface area (Å²) in [6.45, 7) is 10.5. The summed E-state index contributed by atoms with van der Waals surface area (Å²) in [5.74, 6) is 1.11. The van der Waals surface area contributed by atoms with Gasteiger partial charge in [-0.2, -0.15) is 0 Å². The summed E-state index contributed by atoms with van der Waals surface area (Å²) in [5, 5.41) is 3.22. The molecule has 104 valence electrons. The summed E-state index contributed by atoms with van der Waals surface area (Å²) < 4.78 is 0. The minimum absolute atomic E-state index is 0.188. The Morgan fingerprint density at radius 2 is 1.94 bits per heavy atom. The zero-order valence-corrected chi connectivity index (χ0v) is 12.3. The average molecular weight is 252 g/mol. The monoisotopic (exact) mass is 252 g/mol. The molecule has 1 N–H and O–H groups in total. The van der Waals surface area contributed by atoms with Gasteiger partial charge in [0.25, 0.3) is 0 Å². The molecule has 18 heavy (non-hydrogen) atoms. The Morgan fingerprint density at radius 3 is 2.50 bits per heavy atom. The number of carbonyl (C=O) groups is 1. The van der Waals surface area contributed by atoms with Crippen LogP contribution in [0.4, 0.5) is 0 Å². The summed E-state index contributed by atoms with van der Waals surface area (Å²) in [5.41, 5.74) is -0.273. The maximum atomic E-state index is 12.0. The molecule has 1 saturated heterocycles. The highest BCUT2D eigenvalue weighted by Gasteiger charge is 2.35. The summed E-state index contributed by atoms with van der Waals surface area (Å²) >= 11 is 0. The summed E-state index contributed by atoms with van der Waals surface area (Å²) in [7, 11) is 0. The predicted octanol–water partition coefficient (Wildman–Crippen LogP) is 2.41. The van der Waals surface area contributed by atoms with Crippen molar-refractivity contribution in [1.29, 1.82) is 0 Å². The first kappa shape index (κ1) is 13.9. The van der Waals surface area contributed by atoms with Gasteiger partial charge >= 0.3 is 0 Å². The van der Waals surface area contributed by atoms with Crippen LogP contribution >= 0.6 is 0 Å². The van der Waals surface area contributed by atoms with Gasteiger partial charge in [-0.1, -0.05) is 20.8 Å². The van der Waals surface area contributed by atoms with Gasteiger partial charge in [-0.05, 0) is 45.1 Å². The second kappa shape index (κ2) is 5.20. The topological polar surface area (TPSA) is 32.3 Å². The number of likely N-dealkylation sites (tertiary alicyclic amines) is 1. The quantitative estimate of drug-likeness (QED) is 0.836. The Bertz CT molecular complexity index is 304. The molecule has 2 fully saturated rings. The van der Waals surface area contributed by atoms with Crippen LogP contribution in [-0.2, 0) is 4.79 Å². The second-order valence-corrected chi connectivity index (χ2v) is 7.14. The fraction of sp³-hybridized carbons (Fsp3) is 0.933. The van der Waals surface area contributed by atoms with Gasteiger partial charge < -0.3 is 5.32 Å². The second-order valence-electron chi connectivity index (χ2n) is 7.14. The Hall–Kier alpha value is -0.570. The summed E-state index contributed by atoms with van der Waals surface area (Å²) in [6.07, 6.45) is 5.15. The molecule has 0 radical (unpaired) electrons. The third kappa shape index (κ3) is 3.47. The van der Waals surface area contributed by atoms with Crippen LogP contribution in [0.15, 0.2) is 0 Å². The van der Waals surface area contributed by atoms with E-state index in [0.717, 1.165) is 18.9 Å². The van der Waals surface area contributed by atoms with Crippen molar-refractivity contribution >= 4 is 5.91 Å². The van der Waals surface area contributed by atoms with E-state index in [1.807, 2.05) is 20.8 Å². The van der Waals surface area contributed by atoms with Crippen LogP contribution in [0.1, 0.15) is 53.4 Å². The number of hydrogen-bond acceptors (Lipinski definition) is 2. The van der Waals surface area contributed by atoms with Crippen LogP contribution in [0.25, 0.3) is 0 Å². The van der Waals surface area contributed by atoms with Crippen molar-refractivity contribution in [1.82, 2.24) is 10.2 Å². The first-order valence-corrected chi connectivity index (χ1v) is 7.43.